The molecule has 0 aromatic heterocycles. The number of anilines is 1. The summed E-state index contributed by atoms with van der Waals surface area (Å²) in [6.07, 6.45) is -0.233. The maximum Gasteiger partial charge on any atom is 0.222 e. The Kier molecular flexibility index (Phi) is 5.76. The van der Waals surface area contributed by atoms with Gasteiger partial charge in [0.05, 0.1) is 11.8 Å². The number of nitrogens with zero attached hydrogens (tertiary/aromatic N) is 1. The standard InChI is InChI=1S/C14H21FN2O2/c1-3-17(4-2)14(19)8-7-13(18)10-5-6-11(15)12(16)9-10/h5-6,9,13,18H,3-4,7-8,16H2,1-2H3. The van der Waals surface area contributed by atoms with E-state index in [4.69, 9.17) is 5.73 Å². The first-order valence-electron chi connectivity index (χ1n) is 6.50. The second kappa shape index (κ2) is 7.09. The molecule has 0 saturated carbocycles. The Labute approximate surface area is 113 Å². The van der Waals surface area contributed by atoms with Gasteiger partial charge in [-0.2, -0.15) is 0 Å². The molecule has 0 bridgehead atoms. The SMILES string of the molecule is CCN(CC)C(=O)CCC(O)c1ccc(F)c(N)c1. The van der Waals surface area contributed by atoms with Crippen LogP contribution in [-0.4, -0.2) is 29.0 Å². The number of aliphatic hydroxyl groups excluding tert-OH is 1. The van der Waals surface area contributed by atoms with Crippen LogP contribution in [0.4, 0.5) is 10.1 Å². The summed E-state index contributed by atoms with van der Waals surface area (Å²) in [5, 5.41) is 9.96. The van der Waals surface area contributed by atoms with E-state index in [0.29, 0.717) is 25.1 Å². The topological polar surface area (TPSA) is 66.6 Å². The summed E-state index contributed by atoms with van der Waals surface area (Å²) in [6, 6.07) is 4.11. The Morgan fingerprint density at radius 1 is 1.42 bits per heavy atom. The molecular formula is C14H21FN2O2. The molecule has 0 radical (unpaired) electrons. The highest BCUT2D eigenvalue weighted by Gasteiger charge is 2.14. The highest BCUT2D eigenvalue weighted by molar-refractivity contribution is 5.76. The van der Waals surface area contributed by atoms with Gasteiger partial charge in [0.15, 0.2) is 0 Å². The van der Waals surface area contributed by atoms with Crippen LogP contribution in [-0.2, 0) is 4.79 Å². The maximum absolute atomic E-state index is 13.0. The maximum atomic E-state index is 13.0. The number of carbonyl (C=O) groups is 1. The quantitative estimate of drug-likeness (QED) is 0.776. The zero-order valence-corrected chi connectivity index (χ0v) is 11.4. The Morgan fingerprint density at radius 3 is 2.58 bits per heavy atom. The molecule has 0 heterocycles. The van der Waals surface area contributed by atoms with E-state index in [9.17, 15) is 14.3 Å². The molecule has 19 heavy (non-hydrogen) atoms. The molecule has 0 fully saturated rings. The minimum Gasteiger partial charge on any atom is -0.396 e. The van der Waals surface area contributed by atoms with Crippen LogP contribution in [0.3, 0.4) is 0 Å². The first kappa shape index (κ1) is 15.4. The molecule has 0 aliphatic rings. The van der Waals surface area contributed by atoms with Gasteiger partial charge in [-0.25, -0.2) is 4.39 Å². The summed E-state index contributed by atoms with van der Waals surface area (Å²) in [5.74, 6) is -0.491. The lowest BCUT2D eigenvalue weighted by Crippen LogP contribution is -2.30. The molecule has 0 aliphatic carbocycles. The van der Waals surface area contributed by atoms with Gasteiger partial charge >= 0.3 is 0 Å². The van der Waals surface area contributed by atoms with Gasteiger partial charge in [0.25, 0.3) is 0 Å². The zero-order chi connectivity index (χ0) is 14.4. The molecule has 0 aliphatic heterocycles. The number of benzene rings is 1. The highest BCUT2D eigenvalue weighted by atomic mass is 19.1. The van der Waals surface area contributed by atoms with E-state index in [2.05, 4.69) is 0 Å². The number of carbonyl (C=O) groups excluding carboxylic acids is 1. The highest BCUT2D eigenvalue weighted by Crippen LogP contribution is 2.22. The van der Waals surface area contributed by atoms with Crippen molar-refractivity contribution in [2.45, 2.75) is 32.8 Å². The van der Waals surface area contributed by atoms with Crippen LogP contribution in [0.2, 0.25) is 0 Å². The lowest BCUT2D eigenvalue weighted by atomic mass is 10.0. The Hall–Kier alpha value is -1.62. The van der Waals surface area contributed by atoms with E-state index < -0.39 is 11.9 Å². The number of rotatable bonds is 6. The molecule has 1 aromatic rings. The lowest BCUT2D eigenvalue weighted by Gasteiger charge is -2.19. The third kappa shape index (κ3) is 4.21. The summed E-state index contributed by atoms with van der Waals surface area (Å²) >= 11 is 0. The zero-order valence-electron chi connectivity index (χ0n) is 11.4. The molecule has 1 aromatic carbocycles. The predicted octanol–water partition coefficient (Wildman–Crippen LogP) is 2.09. The molecule has 4 nitrogen and oxygen atoms in total. The number of nitrogen functional groups attached to an aromatic ring is 1. The molecule has 0 spiro atoms. The van der Waals surface area contributed by atoms with E-state index in [0.717, 1.165) is 0 Å². The number of hydrogen-bond acceptors (Lipinski definition) is 3. The number of halogens is 1. The second-order valence-corrected chi connectivity index (χ2v) is 4.40. The lowest BCUT2D eigenvalue weighted by molar-refractivity contribution is -0.131. The first-order valence-corrected chi connectivity index (χ1v) is 6.50. The number of hydrogen-bond donors (Lipinski definition) is 2. The van der Waals surface area contributed by atoms with Crippen LogP contribution < -0.4 is 5.73 Å². The third-order valence-electron chi connectivity index (χ3n) is 3.15. The van der Waals surface area contributed by atoms with Crippen LogP contribution in [0.15, 0.2) is 18.2 Å². The summed E-state index contributed by atoms with van der Waals surface area (Å²) in [7, 11) is 0. The summed E-state index contributed by atoms with van der Waals surface area (Å²) in [6.45, 7) is 5.15. The van der Waals surface area contributed by atoms with Gasteiger partial charge in [-0.3, -0.25) is 4.79 Å². The van der Waals surface area contributed by atoms with Crippen molar-refractivity contribution in [1.82, 2.24) is 4.90 Å². The van der Waals surface area contributed by atoms with E-state index in [1.54, 1.807) is 4.90 Å². The van der Waals surface area contributed by atoms with Gasteiger partial charge in [-0.1, -0.05) is 6.07 Å². The van der Waals surface area contributed by atoms with Crippen LogP contribution in [0.1, 0.15) is 38.4 Å². The van der Waals surface area contributed by atoms with Crippen molar-refractivity contribution in [3.8, 4) is 0 Å². The van der Waals surface area contributed by atoms with Gasteiger partial charge in [0.1, 0.15) is 5.82 Å². The number of amides is 1. The fourth-order valence-electron chi connectivity index (χ4n) is 1.93. The monoisotopic (exact) mass is 268 g/mol. The van der Waals surface area contributed by atoms with Gasteiger partial charge in [0, 0.05) is 19.5 Å². The average molecular weight is 268 g/mol. The molecule has 3 N–H and O–H groups in total. The summed E-state index contributed by atoms with van der Waals surface area (Å²) in [4.78, 5) is 13.5. The number of nitrogens with two attached hydrogens (primary N) is 1. The molecule has 1 amide bonds. The van der Waals surface area contributed by atoms with Gasteiger partial charge in [-0.15, -0.1) is 0 Å². The third-order valence-corrected chi connectivity index (χ3v) is 3.15. The Balaban J connectivity index is 2.57. The fourth-order valence-corrected chi connectivity index (χ4v) is 1.93. The summed E-state index contributed by atoms with van der Waals surface area (Å²) < 4.78 is 13.0. The Bertz CT molecular complexity index is 433. The van der Waals surface area contributed by atoms with Gasteiger partial charge < -0.3 is 15.7 Å². The number of aliphatic hydroxyl groups is 1. The predicted molar refractivity (Wildman–Crippen MR) is 72.9 cm³/mol. The van der Waals surface area contributed by atoms with E-state index >= 15 is 0 Å². The molecule has 1 atom stereocenters. The van der Waals surface area contributed by atoms with Crippen LogP contribution in [0.25, 0.3) is 0 Å². The fraction of sp³-hybridized carbons (Fsp3) is 0.500. The average Bonchev–Trinajstić information content (AvgIpc) is 2.40. The van der Waals surface area contributed by atoms with E-state index in [1.807, 2.05) is 13.8 Å². The normalized spacial score (nSPS) is 12.2. The van der Waals surface area contributed by atoms with E-state index in [-0.39, 0.29) is 18.0 Å². The van der Waals surface area contributed by atoms with Crippen molar-refractivity contribution in [3.05, 3.63) is 29.6 Å². The van der Waals surface area contributed by atoms with Crippen molar-refractivity contribution in [2.24, 2.45) is 0 Å². The van der Waals surface area contributed by atoms with Crippen LogP contribution in [0, 0.1) is 5.82 Å². The first-order chi connectivity index (χ1) is 8.99. The van der Waals surface area contributed by atoms with Crippen LogP contribution in [0.5, 0.6) is 0 Å². The van der Waals surface area contributed by atoms with Crippen molar-refractivity contribution in [2.75, 3.05) is 18.8 Å². The van der Waals surface area contributed by atoms with Gasteiger partial charge in [-0.05, 0) is 38.0 Å². The summed E-state index contributed by atoms with van der Waals surface area (Å²) in [5.41, 5.74) is 5.98. The van der Waals surface area contributed by atoms with Gasteiger partial charge in [0.2, 0.25) is 5.91 Å². The largest absolute Gasteiger partial charge is 0.396 e. The smallest absolute Gasteiger partial charge is 0.222 e. The molecule has 5 heteroatoms. The minimum atomic E-state index is -0.803. The van der Waals surface area contributed by atoms with Crippen molar-refractivity contribution >= 4 is 11.6 Å². The van der Waals surface area contributed by atoms with Crippen molar-refractivity contribution in [3.63, 3.8) is 0 Å². The van der Waals surface area contributed by atoms with Crippen LogP contribution >= 0.6 is 0 Å². The van der Waals surface area contributed by atoms with Crippen molar-refractivity contribution < 1.29 is 14.3 Å². The van der Waals surface area contributed by atoms with E-state index in [1.165, 1.54) is 18.2 Å². The Morgan fingerprint density at radius 2 is 2.05 bits per heavy atom. The molecule has 1 rings (SSSR count). The molecule has 1 unspecified atom stereocenters. The minimum absolute atomic E-state index is 0.00613. The van der Waals surface area contributed by atoms with Crippen molar-refractivity contribution in [1.29, 1.82) is 0 Å². The molecule has 0 saturated heterocycles. The molecule has 106 valence electrons. The second-order valence-electron chi connectivity index (χ2n) is 4.40. The molecular weight excluding hydrogens is 247 g/mol.